The van der Waals surface area contributed by atoms with Crippen LogP contribution in [0.25, 0.3) is 0 Å². The third-order valence-electron chi connectivity index (χ3n) is 4.74. The fraction of sp³-hybridized carbons (Fsp3) is 0.250. The van der Waals surface area contributed by atoms with Gasteiger partial charge in [-0.1, -0.05) is 60.7 Å². The van der Waals surface area contributed by atoms with E-state index in [2.05, 4.69) is 10.3 Å². The summed E-state index contributed by atoms with van der Waals surface area (Å²) in [6.07, 6.45) is 4.80. The maximum absolute atomic E-state index is 12.7. The molecule has 1 amide bonds. The molecule has 0 spiro atoms. The SMILES string of the molecule is NC(CCc1ccncc1)C(=O)NC(COCc1ccccc1)c1ccccc1. The maximum Gasteiger partial charge on any atom is 0.237 e. The molecule has 0 aliphatic rings. The molecule has 0 aliphatic carbocycles. The van der Waals surface area contributed by atoms with Gasteiger partial charge in [-0.25, -0.2) is 0 Å². The number of rotatable bonds is 10. The van der Waals surface area contributed by atoms with Crippen LogP contribution in [0.3, 0.4) is 0 Å². The first-order valence-corrected chi connectivity index (χ1v) is 9.84. The number of aromatic nitrogens is 1. The average Bonchev–Trinajstić information content (AvgIpc) is 2.78. The number of carbonyl (C=O) groups is 1. The number of amides is 1. The molecule has 0 saturated heterocycles. The number of nitrogens with zero attached hydrogens (tertiary/aromatic N) is 1. The van der Waals surface area contributed by atoms with E-state index >= 15 is 0 Å². The van der Waals surface area contributed by atoms with Gasteiger partial charge < -0.3 is 15.8 Å². The topological polar surface area (TPSA) is 77.2 Å². The van der Waals surface area contributed by atoms with Gasteiger partial charge in [0.25, 0.3) is 0 Å². The van der Waals surface area contributed by atoms with Gasteiger partial charge in [-0.05, 0) is 41.7 Å². The third kappa shape index (κ3) is 6.82. The zero-order valence-electron chi connectivity index (χ0n) is 16.4. The molecule has 0 radical (unpaired) electrons. The van der Waals surface area contributed by atoms with Crippen LogP contribution in [0.1, 0.15) is 29.2 Å². The zero-order valence-corrected chi connectivity index (χ0v) is 16.4. The Balaban J connectivity index is 1.56. The highest BCUT2D eigenvalue weighted by Gasteiger charge is 2.19. The first kappa shape index (κ1) is 20.7. The van der Waals surface area contributed by atoms with Gasteiger partial charge in [-0.3, -0.25) is 9.78 Å². The Labute approximate surface area is 171 Å². The van der Waals surface area contributed by atoms with E-state index in [1.807, 2.05) is 72.8 Å². The monoisotopic (exact) mass is 389 g/mol. The second kappa shape index (κ2) is 11.1. The number of nitrogens with one attached hydrogen (secondary N) is 1. The molecule has 1 aromatic heterocycles. The molecule has 2 aromatic carbocycles. The number of hydrogen-bond acceptors (Lipinski definition) is 4. The number of aryl methyl sites for hydroxylation is 1. The second-order valence-electron chi connectivity index (χ2n) is 6.97. The third-order valence-corrected chi connectivity index (χ3v) is 4.74. The Kier molecular flexibility index (Phi) is 7.92. The average molecular weight is 389 g/mol. The van der Waals surface area contributed by atoms with Crippen molar-refractivity contribution in [3.05, 3.63) is 102 Å². The molecule has 29 heavy (non-hydrogen) atoms. The van der Waals surface area contributed by atoms with Gasteiger partial charge in [0.15, 0.2) is 0 Å². The smallest absolute Gasteiger partial charge is 0.237 e. The largest absolute Gasteiger partial charge is 0.374 e. The number of ether oxygens (including phenoxy) is 1. The fourth-order valence-electron chi connectivity index (χ4n) is 3.06. The first-order valence-electron chi connectivity index (χ1n) is 9.84. The number of pyridine rings is 1. The van der Waals surface area contributed by atoms with E-state index in [1.165, 1.54) is 0 Å². The quantitative estimate of drug-likeness (QED) is 0.557. The summed E-state index contributed by atoms with van der Waals surface area (Å²) in [7, 11) is 0. The highest BCUT2D eigenvalue weighted by Crippen LogP contribution is 2.15. The molecule has 0 aliphatic heterocycles. The lowest BCUT2D eigenvalue weighted by atomic mass is 10.0. The molecule has 2 unspecified atom stereocenters. The molecule has 5 heteroatoms. The lowest BCUT2D eigenvalue weighted by Gasteiger charge is -2.22. The lowest BCUT2D eigenvalue weighted by molar-refractivity contribution is -0.123. The lowest BCUT2D eigenvalue weighted by Crippen LogP contribution is -2.43. The highest BCUT2D eigenvalue weighted by molar-refractivity contribution is 5.81. The number of hydrogen-bond donors (Lipinski definition) is 2. The van der Waals surface area contributed by atoms with E-state index < -0.39 is 6.04 Å². The summed E-state index contributed by atoms with van der Waals surface area (Å²) in [5.41, 5.74) is 9.35. The van der Waals surface area contributed by atoms with Crippen LogP contribution in [0.5, 0.6) is 0 Å². The summed E-state index contributed by atoms with van der Waals surface area (Å²) in [6.45, 7) is 0.871. The molecule has 0 saturated carbocycles. The summed E-state index contributed by atoms with van der Waals surface area (Å²) in [4.78, 5) is 16.7. The maximum atomic E-state index is 12.7. The minimum Gasteiger partial charge on any atom is -0.374 e. The predicted molar refractivity (Wildman–Crippen MR) is 114 cm³/mol. The number of carbonyl (C=O) groups excluding carboxylic acids is 1. The van der Waals surface area contributed by atoms with Crippen LogP contribution in [0.4, 0.5) is 0 Å². The minimum absolute atomic E-state index is 0.170. The molecule has 2 atom stereocenters. The van der Waals surface area contributed by atoms with E-state index in [4.69, 9.17) is 10.5 Å². The van der Waals surface area contributed by atoms with Crippen LogP contribution in [0.15, 0.2) is 85.2 Å². The van der Waals surface area contributed by atoms with E-state index in [1.54, 1.807) is 12.4 Å². The fourth-order valence-corrected chi connectivity index (χ4v) is 3.06. The van der Waals surface area contributed by atoms with Crippen molar-refractivity contribution >= 4 is 5.91 Å². The Bertz CT molecular complexity index is 857. The Morgan fingerprint density at radius 2 is 1.59 bits per heavy atom. The molecule has 1 heterocycles. The van der Waals surface area contributed by atoms with Crippen molar-refractivity contribution in [1.29, 1.82) is 0 Å². The first-order chi connectivity index (χ1) is 14.2. The van der Waals surface area contributed by atoms with E-state index in [9.17, 15) is 4.79 Å². The van der Waals surface area contributed by atoms with Gasteiger partial charge >= 0.3 is 0 Å². The molecule has 0 fully saturated rings. The summed E-state index contributed by atoms with van der Waals surface area (Å²) in [5, 5.41) is 3.05. The van der Waals surface area contributed by atoms with Gasteiger partial charge in [0.05, 0.1) is 25.3 Å². The van der Waals surface area contributed by atoms with Crippen LogP contribution in [-0.4, -0.2) is 23.5 Å². The van der Waals surface area contributed by atoms with Gasteiger partial charge in [-0.2, -0.15) is 0 Å². The molecular formula is C24H27N3O2. The van der Waals surface area contributed by atoms with Gasteiger partial charge in [0.2, 0.25) is 5.91 Å². The normalized spacial score (nSPS) is 12.9. The van der Waals surface area contributed by atoms with Gasteiger partial charge in [-0.15, -0.1) is 0 Å². The molecule has 0 bridgehead atoms. The number of nitrogens with two attached hydrogens (primary N) is 1. The summed E-state index contributed by atoms with van der Waals surface area (Å²) in [5.74, 6) is -0.170. The number of benzene rings is 2. The van der Waals surface area contributed by atoms with Crippen molar-refractivity contribution in [2.75, 3.05) is 6.61 Å². The van der Waals surface area contributed by atoms with Crippen molar-refractivity contribution in [2.24, 2.45) is 5.73 Å². The van der Waals surface area contributed by atoms with Crippen molar-refractivity contribution in [3.63, 3.8) is 0 Å². The van der Waals surface area contributed by atoms with Crippen molar-refractivity contribution in [3.8, 4) is 0 Å². The van der Waals surface area contributed by atoms with Gasteiger partial charge in [0.1, 0.15) is 0 Å². The van der Waals surface area contributed by atoms with E-state index in [-0.39, 0.29) is 11.9 Å². The zero-order chi connectivity index (χ0) is 20.3. The Hall–Kier alpha value is -3.02. The molecule has 3 N–H and O–H groups in total. The molecule has 3 aromatic rings. The van der Waals surface area contributed by atoms with Crippen molar-refractivity contribution < 1.29 is 9.53 Å². The summed E-state index contributed by atoms with van der Waals surface area (Å²) >= 11 is 0. The summed E-state index contributed by atoms with van der Waals surface area (Å²) in [6, 6.07) is 22.9. The Morgan fingerprint density at radius 3 is 2.28 bits per heavy atom. The molecule has 150 valence electrons. The van der Waals surface area contributed by atoms with Crippen LogP contribution < -0.4 is 11.1 Å². The van der Waals surface area contributed by atoms with Crippen LogP contribution in [0.2, 0.25) is 0 Å². The highest BCUT2D eigenvalue weighted by atomic mass is 16.5. The molecular weight excluding hydrogens is 362 g/mol. The standard InChI is InChI=1S/C24H27N3O2/c25-22(12-11-19-13-15-26-16-14-19)24(28)27-23(21-9-5-2-6-10-21)18-29-17-20-7-3-1-4-8-20/h1-10,13-16,22-23H,11-12,17-18,25H2,(H,27,28). The Morgan fingerprint density at radius 1 is 0.931 bits per heavy atom. The molecule has 3 rings (SSSR count). The predicted octanol–water partition coefficient (Wildman–Crippen LogP) is 3.42. The van der Waals surface area contributed by atoms with Crippen LogP contribution >= 0.6 is 0 Å². The van der Waals surface area contributed by atoms with Crippen molar-refractivity contribution in [2.45, 2.75) is 31.5 Å². The van der Waals surface area contributed by atoms with E-state index in [0.717, 1.165) is 23.1 Å². The summed E-state index contributed by atoms with van der Waals surface area (Å²) < 4.78 is 5.88. The molecule has 5 nitrogen and oxygen atoms in total. The van der Waals surface area contributed by atoms with Crippen LogP contribution in [-0.2, 0) is 22.6 Å². The van der Waals surface area contributed by atoms with Crippen molar-refractivity contribution in [1.82, 2.24) is 10.3 Å². The minimum atomic E-state index is -0.580. The van der Waals surface area contributed by atoms with Crippen LogP contribution in [0, 0.1) is 0 Å². The van der Waals surface area contributed by atoms with Gasteiger partial charge in [0, 0.05) is 12.4 Å². The second-order valence-corrected chi connectivity index (χ2v) is 6.97. The van der Waals surface area contributed by atoms with E-state index in [0.29, 0.717) is 19.6 Å².